The molecule has 4 aromatic carbocycles. The molecule has 0 saturated heterocycles. The third-order valence-electron chi connectivity index (χ3n) is 7.47. The lowest BCUT2D eigenvalue weighted by molar-refractivity contribution is 0.732. The topological polar surface area (TPSA) is 13.0 Å². The summed E-state index contributed by atoms with van der Waals surface area (Å²) < 4.78 is 0. The van der Waals surface area contributed by atoms with Crippen LogP contribution in [0.4, 0.5) is 28.4 Å². The van der Waals surface area contributed by atoms with Gasteiger partial charge in [0.05, 0.1) is 11.4 Å². The maximum Gasteiger partial charge on any atom is 0.107 e. The van der Waals surface area contributed by atoms with Gasteiger partial charge in [-0.3, -0.25) is 0 Å². The van der Waals surface area contributed by atoms with Crippen LogP contribution >= 0.6 is 0 Å². The fourth-order valence-electron chi connectivity index (χ4n) is 5.27. The van der Waals surface area contributed by atoms with E-state index >= 15 is 0 Å². The first kappa shape index (κ1) is 24.5. The zero-order chi connectivity index (χ0) is 25.9. The third kappa shape index (κ3) is 4.67. The normalized spacial score (nSPS) is 18.1. The Morgan fingerprint density at radius 3 is 1.59 bits per heavy atom. The molecular formula is C33H36N4. The van der Waals surface area contributed by atoms with E-state index in [1.165, 1.54) is 39.6 Å². The van der Waals surface area contributed by atoms with Gasteiger partial charge in [-0.2, -0.15) is 0 Å². The second-order valence-electron chi connectivity index (χ2n) is 9.75. The van der Waals surface area contributed by atoms with Crippen LogP contribution in [0.25, 0.3) is 0 Å². The summed E-state index contributed by atoms with van der Waals surface area (Å²) in [6, 6.07) is 36.1. The first-order valence-electron chi connectivity index (χ1n) is 13.0. The summed E-state index contributed by atoms with van der Waals surface area (Å²) in [5.41, 5.74) is 8.99. The minimum atomic E-state index is 0.295. The Hall–Kier alpha value is -4.18. The number of aryl methyl sites for hydroxylation is 2. The SMILES string of the molecule is Cc1ccccc1N1C=CN(c2ccccc2)C1C.Cc1ccccc1N1c2ccccc2N(C)C1C. The number of rotatable bonds is 3. The van der Waals surface area contributed by atoms with E-state index in [9.17, 15) is 0 Å². The molecule has 0 saturated carbocycles. The summed E-state index contributed by atoms with van der Waals surface area (Å²) >= 11 is 0. The number of para-hydroxylation sites is 5. The quantitative estimate of drug-likeness (QED) is 0.289. The lowest BCUT2D eigenvalue weighted by Gasteiger charge is -2.30. The Balaban J connectivity index is 0.000000152. The summed E-state index contributed by atoms with van der Waals surface area (Å²) in [6.07, 6.45) is 4.94. The van der Waals surface area contributed by atoms with Gasteiger partial charge in [0, 0.05) is 36.5 Å². The fourth-order valence-corrected chi connectivity index (χ4v) is 5.27. The maximum atomic E-state index is 2.41. The predicted molar refractivity (Wildman–Crippen MR) is 159 cm³/mol. The van der Waals surface area contributed by atoms with E-state index in [4.69, 9.17) is 0 Å². The van der Waals surface area contributed by atoms with Gasteiger partial charge in [-0.1, -0.05) is 66.7 Å². The van der Waals surface area contributed by atoms with Crippen molar-refractivity contribution in [3.63, 3.8) is 0 Å². The van der Waals surface area contributed by atoms with Crippen molar-refractivity contribution in [2.24, 2.45) is 0 Å². The zero-order valence-electron chi connectivity index (χ0n) is 22.4. The molecule has 188 valence electrons. The Morgan fingerprint density at radius 2 is 0.973 bits per heavy atom. The van der Waals surface area contributed by atoms with E-state index in [2.05, 4.69) is 164 Å². The molecule has 2 aliphatic heterocycles. The molecule has 2 unspecified atom stereocenters. The number of benzene rings is 4. The second kappa shape index (κ2) is 10.4. The summed E-state index contributed by atoms with van der Waals surface area (Å²) in [5.74, 6) is 0. The third-order valence-corrected chi connectivity index (χ3v) is 7.47. The van der Waals surface area contributed by atoms with E-state index in [1.807, 2.05) is 6.07 Å². The lowest BCUT2D eigenvalue weighted by Crippen LogP contribution is -2.36. The summed E-state index contributed by atoms with van der Waals surface area (Å²) in [5, 5.41) is 0. The van der Waals surface area contributed by atoms with E-state index in [0.717, 1.165) is 0 Å². The average molecular weight is 489 g/mol. The first-order valence-corrected chi connectivity index (χ1v) is 13.0. The molecule has 0 amide bonds. The average Bonchev–Trinajstić information content (AvgIpc) is 3.43. The molecule has 2 aliphatic rings. The molecule has 4 heteroatoms. The van der Waals surface area contributed by atoms with Gasteiger partial charge in [-0.15, -0.1) is 0 Å². The van der Waals surface area contributed by atoms with Crippen molar-refractivity contribution in [2.75, 3.05) is 26.6 Å². The highest BCUT2D eigenvalue weighted by Gasteiger charge is 2.31. The fraction of sp³-hybridized carbons (Fsp3) is 0.212. The molecule has 0 spiro atoms. The second-order valence-corrected chi connectivity index (χ2v) is 9.75. The molecule has 0 bridgehead atoms. The molecule has 2 heterocycles. The van der Waals surface area contributed by atoms with Crippen LogP contribution < -0.4 is 19.6 Å². The molecule has 37 heavy (non-hydrogen) atoms. The van der Waals surface area contributed by atoms with Gasteiger partial charge < -0.3 is 19.6 Å². The molecule has 0 radical (unpaired) electrons. The Morgan fingerprint density at radius 1 is 0.486 bits per heavy atom. The van der Waals surface area contributed by atoms with Gasteiger partial charge >= 0.3 is 0 Å². The number of fused-ring (bicyclic) bond motifs is 1. The van der Waals surface area contributed by atoms with Crippen LogP contribution in [0.3, 0.4) is 0 Å². The van der Waals surface area contributed by atoms with Gasteiger partial charge in [-0.05, 0) is 75.2 Å². The standard InChI is InChI=1S/C17H18N2.C16H18N2/c1-14-8-6-7-11-17(14)19-13-12-18(15(19)2)16-9-4-3-5-10-16;1-12-8-4-5-9-14(12)18-13(2)17(3)15-10-6-7-11-16(15)18/h3-13,15H,1-2H3;4-11,13H,1-3H3. The van der Waals surface area contributed by atoms with Gasteiger partial charge in [0.1, 0.15) is 12.3 Å². The van der Waals surface area contributed by atoms with Crippen molar-refractivity contribution in [3.8, 4) is 0 Å². The zero-order valence-corrected chi connectivity index (χ0v) is 22.4. The molecule has 0 aromatic heterocycles. The van der Waals surface area contributed by atoms with Crippen molar-refractivity contribution >= 4 is 28.4 Å². The Bertz CT molecular complexity index is 1380. The smallest absolute Gasteiger partial charge is 0.107 e. The molecule has 0 aliphatic carbocycles. The van der Waals surface area contributed by atoms with Crippen molar-refractivity contribution in [1.82, 2.24) is 0 Å². The molecular weight excluding hydrogens is 452 g/mol. The van der Waals surface area contributed by atoms with Crippen LogP contribution in [0.15, 0.2) is 116 Å². The molecule has 4 aromatic rings. The Kier molecular flexibility index (Phi) is 6.91. The van der Waals surface area contributed by atoms with Crippen molar-refractivity contribution < 1.29 is 0 Å². The van der Waals surface area contributed by atoms with Gasteiger partial charge in [0.15, 0.2) is 0 Å². The lowest BCUT2D eigenvalue weighted by atomic mass is 10.1. The number of nitrogens with zero attached hydrogens (tertiary/aromatic N) is 4. The van der Waals surface area contributed by atoms with Gasteiger partial charge in [0.25, 0.3) is 0 Å². The van der Waals surface area contributed by atoms with Crippen molar-refractivity contribution in [3.05, 3.63) is 127 Å². The molecule has 0 N–H and O–H groups in total. The summed E-state index contributed by atoms with van der Waals surface area (Å²) in [6.45, 7) is 8.79. The van der Waals surface area contributed by atoms with Crippen LogP contribution in [0.5, 0.6) is 0 Å². The van der Waals surface area contributed by atoms with Crippen LogP contribution in [0.1, 0.15) is 25.0 Å². The van der Waals surface area contributed by atoms with Crippen molar-refractivity contribution in [2.45, 2.75) is 40.0 Å². The van der Waals surface area contributed by atoms with Crippen LogP contribution in [-0.2, 0) is 0 Å². The highest BCUT2D eigenvalue weighted by atomic mass is 15.4. The minimum absolute atomic E-state index is 0.295. The maximum absolute atomic E-state index is 2.41. The highest BCUT2D eigenvalue weighted by molar-refractivity contribution is 5.84. The largest absolute Gasteiger partial charge is 0.353 e. The van der Waals surface area contributed by atoms with Gasteiger partial charge in [-0.25, -0.2) is 0 Å². The van der Waals surface area contributed by atoms with Crippen LogP contribution in [0.2, 0.25) is 0 Å². The molecule has 2 atom stereocenters. The number of hydrogen-bond acceptors (Lipinski definition) is 4. The predicted octanol–water partition coefficient (Wildman–Crippen LogP) is 8.07. The number of hydrogen-bond donors (Lipinski definition) is 0. The van der Waals surface area contributed by atoms with E-state index < -0.39 is 0 Å². The first-order chi connectivity index (χ1) is 18.0. The minimum Gasteiger partial charge on any atom is -0.353 e. The van der Waals surface area contributed by atoms with Crippen molar-refractivity contribution in [1.29, 1.82) is 0 Å². The summed E-state index contributed by atoms with van der Waals surface area (Å²) in [4.78, 5) is 9.32. The van der Waals surface area contributed by atoms with Crippen LogP contribution in [-0.4, -0.2) is 19.4 Å². The van der Waals surface area contributed by atoms with Crippen LogP contribution in [0, 0.1) is 13.8 Å². The van der Waals surface area contributed by atoms with Gasteiger partial charge in [0.2, 0.25) is 0 Å². The van der Waals surface area contributed by atoms with E-state index in [-0.39, 0.29) is 0 Å². The Labute approximate surface area is 221 Å². The number of anilines is 5. The van der Waals surface area contributed by atoms with E-state index in [0.29, 0.717) is 12.3 Å². The summed E-state index contributed by atoms with van der Waals surface area (Å²) in [7, 11) is 2.15. The monoisotopic (exact) mass is 488 g/mol. The van der Waals surface area contributed by atoms with E-state index in [1.54, 1.807) is 0 Å². The molecule has 6 rings (SSSR count). The highest BCUT2D eigenvalue weighted by Crippen LogP contribution is 2.43. The molecule has 4 nitrogen and oxygen atoms in total. The molecule has 0 fully saturated rings.